The van der Waals surface area contributed by atoms with E-state index < -0.39 is 0 Å². The lowest BCUT2D eigenvalue weighted by Gasteiger charge is -2.24. The van der Waals surface area contributed by atoms with Gasteiger partial charge in [-0.05, 0) is 58.3 Å². The fourth-order valence-corrected chi connectivity index (χ4v) is 4.92. The molecule has 1 saturated heterocycles. The molecule has 1 aliphatic rings. The van der Waals surface area contributed by atoms with Gasteiger partial charge in [0.25, 0.3) is 0 Å². The third kappa shape index (κ3) is 4.90. The molecule has 0 saturated carbocycles. The van der Waals surface area contributed by atoms with Crippen molar-refractivity contribution in [1.82, 2.24) is 20.0 Å². The van der Waals surface area contributed by atoms with Crippen molar-refractivity contribution < 1.29 is 9.26 Å². The monoisotopic (exact) mass is 452 g/mol. The van der Waals surface area contributed by atoms with Crippen molar-refractivity contribution in [3.05, 3.63) is 35.2 Å². The summed E-state index contributed by atoms with van der Waals surface area (Å²) in [6.07, 6.45) is 1.18. The number of aryl methyl sites for hydroxylation is 2. The summed E-state index contributed by atoms with van der Waals surface area (Å²) >= 11 is 0. The molecule has 3 heterocycles. The van der Waals surface area contributed by atoms with Gasteiger partial charge >= 0.3 is 0 Å². The Balaban J connectivity index is 1.65. The van der Waals surface area contributed by atoms with Gasteiger partial charge in [0.2, 0.25) is 5.95 Å². The number of anilines is 2. The van der Waals surface area contributed by atoms with Crippen molar-refractivity contribution in [2.75, 3.05) is 50.1 Å². The van der Waals surface area contributed by atoms with Gasteiger partial charge in [0.1, 0.15) is 17.3 Å². The third-order valence-corrected chi connectivity index (χ3v) is 6.75. The summed E-state index contributed by atoms with van der Waals surface area (Å²) < 4.78 is 10.8. The lowest BCUT2D eigenvalue weighted by Crippen LogP contribution is -2.31. The Labute approximate surface area is 196 Å². The number of methoxy groups -OCH3 is 1. The van der Waals surface area contributed by atoms with Crippen LogP contribution in [0.4, 0.5) is 11.8 Å². The third-order valence-electron chi connectivity index (χ3n) is 6.75. The van der Waals surface area contributed by atoms with Crippen molar-refractivity contribution >= 4 is 22.7 Å². The SMILES string of the molecule is CCN(CC)CC1CCN(c2nc(NC(C)c3c(C)noc3C)nc3cc(OC)ccc23)C1. The highest BCUT2D eigenvalue weighted by molar-refractivity contribution is 5.91. The molecule has 0 amide bonds. The number of hydrogen-bond acceptors (Lipinski definition) is 8. The van der Waals surface area contributed by atoms with E-state index in [1.54, 1.807) is 7.11 Å². The Morgan fingerprint density at radius 1 is 1.24 bits per heavy atom. The molecule has 0 bridgehead atoms. The van der Waals surface area contributed by atoms with Crippen molar-refractivity contribution in [1.29, 1.82) is 0 Å². The van der Waals surface area contributed by atoms with E-state index in [1.807, 2.05) is 26.0 Å². The Morgan fingerprint density at radius 2 is 2.03 bits per heavy atom. The molecule has 0 spiro atoms. The lowest BCUT2D eigenvalue weighted by molar-refractivity contribution is 0.261. The molecule has 2 unspecified atom stereocenters. The van der Waals surface area contributed by atoms with Gasteiger partial charge in [0.05, 0.1) is 24.4 Å². The highest BCUT2D eigenvalue weighted by Gasteiger charge is 2.27. The summed E-state index contributed by atoms with van der Waals surface area (Å²) in [5, 5.41) is 8.63. The first-order valence-corrected chi connectivity index (χ1v) is 12.0. The van der Waals surface area contributed by atoms with Crippen LogP contribution in [-0.2, 0) is 0 Å². The molecule has 1 aromatic carbocycles. The maximum absolute atomic E-state index is 5.46. The fraction of sp³-hybridized carbons (Fsp3) is 0.560. The summed E-state index contributed by atoms with van der Waals surface area (Å²) in [5.74, 6) is 3.83. The van der Waals surface area contributed by atoms with Gasteiger partial charge < -0.3 is 24.4 Å². The van der Waals surface area contributed by atoms with Crippen molar-refractivity contribution in [3.8, 4) is 5.75 Å². The van der Waals surface area contributed by atoms with Gasteiger partial charge in [-0.1, -0.05) is 19.0 Å². The fourth-order valence-electron chi connectivity index (χ4n) is 4.92. The zero-order chi connectivity index (χ0) is 23.5. The van der Waals surface area contributed by atoms with Crippen molar-refractivity contribution in [2.24, 2.45) is 5.92 Å². The summed E-state index contributed by atoms with van der Waals surface area (Å²) in [7, 11) is 1.68. The molecule has 1 aliphatic heterocycles. The first-order valence-electron chi connectivity index (χ1n) is 12.0. The van der Waals surface area contributed by atoms with Crippen LogP contribution in [0.3, 0.4) is 0 Å². The number of hydrogen-bond donors (Lipinski definition) is 1. The molecule has 4 rings (SSSR count). The van der Waals surface area contributed by atoms with Crippen LogP contribution in [0.25, 0.3) is 10.9 Å². The number of nitrogens with zero attached hydrogens (tertiary/aromatic N) is 5. The summed E-state index contributed by atoms with van der Waals surface area (Å²) in [4.78, 5) is 14.8. The molecule has 0 aliphatic carbocycles. The zero-order valence-corrected chi connectivity index (χ0v) is 20.7. The van der Waals surface area contributed by atoms with Crippen LogP contribution in [0.2, 0.25) is 0 Å². The molecule has 33 heavy (non-hydrogen) atoms. The Hall–Kier alpha value is -2.87. The largest absolute Gasteiger partial charge is 0.497 e. The summed E-state index contributed by atoms with van der Waals surface area (Å²) in [6.45, 7) is 15.8. The molecule has 8 heteroatoms. The highest BCUT2D eigenvalue weighted by atomic mass is 16.5. The minimum atomic E-state index is -0.0267. The highest BCUT2D eigenvalue weighted by Crippen LogP contribution is 2.33. The summed E-state index contributed by atoms with van der Waals surface area (Å²) in [5.41, 5.74) is 2.81. The number of rotatable bonds is 9. The average Bonchev–Trinajstić information content (AvgIpc) is 3.42. The van der Waals surface area contributed by atoms with Crippen LogP contribution in [-0.4, -0.2) is 59.9 Å². The van der Waals surface area contributed by atoms with Gasteiger partial charge in [-0.25, -0.2) is 4.98 Å². The van der Waals surface area contributed by atoms with Crippen LogP contribution in [0, 0.1) is 19.8 Å². The minimum Gasteiger partial charge on any atom is -0.497 e. The minimum absolute atomic E-state index is 0.0267. The van der Waals surface area contributed by atoms with Crippen LogP contribution in [0.1, 0.15) is 50.3 Å². The lowest BCUT2D eigenvalue weighted by atomic mass is 10.1. The first-order chi connectivity index (χ1) is 15.9. The molecule has 178 valence electrons. The first kappa shape index (κ1) is 23.3. The number of aromatic nitrogens is 3. The standard InChI is InChI=1S/C25H36N6O2/c1-7-30(8-2)14-19-11-12-31(15-19)24-21-10-9-20(32-6)13-22(21)27-25(28-24)26-16(3)23-17(4)29-33-18(23)5/h9-10,13,16,19H,7-8,11-12,14-15H2,1-6H3,(H,26,27,28). The van der Waals surface area contributed by atoms with Crippen LogP contribution in [0.15, 0.2) is 22.7 Å². The van der Waals surface area contributed by atoms with Crippen molar-refractivity contribution in [3.63, 3.8) is 0 Å². The van der Waals surface area contributed by atoms with Crippen molar-refractivity contribution in [2.45, 2.75) is 47.1 Å². The molecule has 1 fully saturated rings. The predicted molar refractivity (Wildman–Crippen MR) is 132 cm³/mol. The van der Waals surface area contributed by atoms with Gasteiger partial charge in [-0.2, -0.15) is 4.98 Å². The van der Waals surface area contributed by atoms with Gasteiger partial charge in [-0.15, -0.1) is 0 Å². The second kappa shape index (κ2) is 9.95. The van der Waals surface area contributed by atoms with E-state index in [4.69, 9.17) is 19.2 Å². The Bertz CT molecular complexity index is 1070. The molecular weight excluding hydrogens is 416 g/mol. The van der Waals surface area contributed by atoms with E-state index in [2.05, 4.69) is 47.1 Å². The molecule has 2 atom stereocenters. The van der Waals surface area contributed by atoms with Crippen LogP contribution < -0.4 is 15.0 Å². The molecule has 2 aromatic heterocycles. The van der Waals surface area contributed by atoms with Crippen LogP contribution >= 0.6 is 0 Å². The van der Waals surface area contributed by atoms with Gasteiger partial charge in [-0.3, -0.25) is 0 Å². The normalized spacial score (nSPS) is 17.2. The predicted octanol–water partition coefficient (Wildman–Crippen LogP) is 4.58. The van der Waals surface area contributed by atoms with E-state index in [0.717, 1.165) is 72.2 Å². The maximum Gasteiger partial charge on any atom is 0.225 e. The quantitative estimate of drug-likeness (QED) is 0.505. The number of fused-ring (bicyclic) bond motifs is 1. The average molecular weight is 453 g/mol. The number of benzene rings is 1. The van der Waals surface area contributed by atoms with E-state index >= 15 is 0 Å². The van der Waals surface area contributed by atoms with Gasteiger partial charge in [0.15, 0.2) is 0 Å². The molecule has 8 nitrogen and oxygen atoms in total. The Morgan fingerprint density at radius 3 is 2.70 bits per heavy atom. The van der Waals surface area contributed by atoms with E-state index in [-0.39, 0.29) is 6.04 Å². The number of ether oxygens (including phenoxy) is 1. The molecule has 3 aromatic rings. The Kier molecular flexibility index (Phi) is 7.02. The topological polar surface area (TPSA) is 79.5 Å². The summed E-state index contributed by atoms with van der Waals surface area (Å²) in [6, 6.07) is 6.01. The zero-order valence-electron chi connectivity index (χ0n) is 20.7. The molecule has 1 N–H and O–H groups in total. The van der Waals surface area contributed by atoms with E-state index in [0.29, 0.717) is 11.9 Å². The molecular formula is C25H36N6O2. The smallest absolute Gasteiger partial charge is 0.225 e. The van der Waals surface area contributed by atoms with E-state index in [9.17, 15) is 0 Å². The number of nitrogens with one attached hydrogen (secondary N) is 1. The molecule has 0 radical (unpaired) electrons. The van der Waals surface area contributed by atoms with E-state index in [1.165, 1.54) is 6.42 Å². The second-order valence-corrected chi connectivity index (χ2v) is 8.94. The van der Waals surface area contributed by atoms with Gasteiger partial charge in [0, 0.05) is 36.7 Å². The second-order valence-electron chi connectivity index (χ2n) is 8.94. The van der Waals surface area contributed by atoms with Crippen LogP contribution in [0.5, 0.6) is 5.75 Å². The maximum atomic E-state index is 5.46.